The van der Waals surface area contributed by atoms with Gasteiger partial charge in [-0.2, -0.15) is 0 Å². The van der Waals surface area contributed by atoms with E-state index in [0.717, 1.165) is 0 Å². The average molecular weight is 341 g/mol. The quantitative estimate of drug-likeness (QED) is 0.690. The molecule has 0 bridgehead atoms. The smallest absolute Gasteiger partial charge is 0.269 e. The summed E-state index contributed by atoms with van der Waals surface area (Å²) in [5.74, 6) is -0.713. The second-order valence-electron chi connectivity index (χ2n) is 5.01. The average Bonchev–Trinajstić information content (AvgIpc) is 2.65. The third-order valence-corrected chi connectivity index (χ3v) is 3.19. The number of hydrogen-bond acceptors (Lipinski definition) is 4. The molecule has 0 unspecified atom stereocenters. The molecule has 0 saturated carbocycles. The van der Waals surface area contributed by atoms with Crippen molar-refractivity contribution in [2.45, 2.75) is 6.92 Å². The number of carbonyl (C=O) groups excluding carboxylic acids is 3. The fourth-order valence-electron chi connectivity index (χ4n) is 1.96. The van der Waals surface area contributed by atoms with Gasteiger partial charge in [-0.25, -0.2) is 0 Å². The molecular weight excluding hydrogens is 322 g/mol. The summed E-state index contributed by atoms with van der Waals surface area (Å²) in [4.78, 5) is 35.4. The maximum absolute atomic E-state index is 11.9. The largest absolute Gasteiger partial charge is 0.494 e. The summed E-state index contributed by atoms with van der Waals surface area (Å²) in [6.07, 6.45) is 0. The summed E-state index contributed by atoms with van der Waals surface area (Å²) >= 11 is 0. The Morgan fingerprint density at radius 2 is 1.48 bits per heavy atom. The number of hydrogen-bond donors (Lipinski definition) is 3. The summed E-state index contributed by atoms with van der Waals surface area (Å²) in [6, 6.07) is 15.0. The monoisotopic (exact) mass is 341 g/mol. The molecule has 0 aliphatic rings. The zero-order valence-corrected chi connectivity index (χ0v) is 13.7. The number of amides is 3. The minimum absolute atomic E-state index is 0.253. The zero-order chi connectivity index (χ0) is 18.1. The van der Waals surface area contributed by atoms with Crippen LogP contribution in [-0.2, 0) is 4.79 Å². The van der Waals surface area contributed by atoms with E-state index in [4.69, 9.17) is 4.74 Å². The van der Waals surface area contributed by atoms with E-state index in [1.165, 1.54) is 0 Å². The molecule has 0 saturated heterocycles. The van der Waals surface area contributed by atoms with Gasteiger partial charge < -0.3 is 10.1 Å². The molecule has 0 fully saturated rings. The maximum Gasteiger partial charge on any atom is 0.269 e. The second-order valence-corrected chi connectivity index (χ2v) is 5.01. The Balaban J connectivity index is 1.75. The summed E-state index contributed by atoms with van der Waals surface area (Å²) < 4.78 is 5.29. The van der Waals surface area contributed by atoms with Crippen LogP contribution in [0.5, 0.6) is 5.75 Å². The van der Waals surface area contributed by atoms with E-state index in [0.29, 0.717) is 23.5 Å². The van der Waals surface area contributed by atoms with Crippen LogP contribution in [0.3, 0.4) is 0 Å². The van der Waals surface area contributed by atoms with Crippen LogP contribution in [0.4, 0.5) is 0 Å². The first-order chi connectivity index (χ1) is 12.1. The van der Waals surface area contributed by atoms with Crippen LogP contribution in [0, 0.1) is 0 Å². The van der Waals surface area contributed by atoms with Gasteiger partial charge in [-0.15, -0.1) is 0 Å². The van der Waals surface area contributed by atoms with Gasteiger partial charge in [0.25, 0.3) is 17.7 Å². The Hall–Kier alpha value is -3.35. The Bertz CT molecular complexity index is 730. The molecule has 7 nitrogen and oxygen atoms in total. The minimum atomic E-state index is -0.538. The number of carbonyl (C=O) groups is 3. The van der Waals surface area contributed by atoms with Gasteiger partial charge in [-0.1, -0.05) is 18.2 Å². The first kappa shape index (κ1) is 18.0. The van der Waals surface area contributed by atoms with Crippen molar-refractivity contribution in [2.75, 3.05) is 13.2 Å². The summed E-state index contributed by atoms with van der Waals surface area (Å²) in [5.41, 5.74) is 5.35. The van der Waals surface area contributed by atoms with E-state index in [1.807, 2.05) is 6.92 Å². The van der Waals surface area contributed by atoms with Crippen LogP contribution in [0.15, 0.2) is 54.6 Å². The Kier molecular flexibility index (Phi) is 6.53. The van der Waals surface area contributed by atoms with Crippen molar-refractivity contribution in [3.8, 4) is 5.75 Å². The van der Waals surface area contributed by atoms with Gasteiger partial charge in [0.15, 0.2) is 0 Å². The molecule has 0 aromatic heterocycles. The Morgan fingerprint density at radius 3 is 2.12 bits per heavy atom. The fourth-order valence-corrected chi connectivity index (χ4v) is 1.96. The summed E-state index contributed by atoms with van der Waals surface area (Å²) in [6.45, 7) is 2.15. The van der Waals surface area contributed by atoms with Crippen LogP contribution in [0.1, 0.15) is 27.6 Å². The SMILES string of the molecule is CCOc1ccc(C(=O)NNC(=O)CNC(=O)c2ccccc2)cc1. The van der Waals surface area contributed by atoms with E-state index in [-0.39, 0.29) is 12.5 Å². The summed E-state index contributed by atoms with van der Waals surface area (Å²) in [5, 5.41) is 2.46. The molecule has 0 spiro atoms. The van der Waals surface area contributed by atoms with E-state index in [2.05, 4.69) is 16.2 Å². The highest BCUT2D eigenvalue weighted by Gasteiger charge is 2.09. The van der Waals surface area contributed by atoms with Crippen LogP contribution in [0.25, 0.3) is 0 Å². The highest BCUT2D eigenvalue weighted by atomic mass is 16.5. The van der Waals surface area contributed by atoms with Gasteiger partial charge in [0.1, 0.15) is 5.75 Å². The lowest BCUT2D eigenvalue weighted by Gasteiger charge is -2.09. The van der Waals surface area contributed by atoms with E-state index in [9.17, 15) is 14.4 Å². The van der Waals surface area contributed by atoms with Crippen molar-refractivity contribution in [2.24, 2.45) is 0 Å². The van der Waals surface area contributed by atoms with Crippen molar-refractivity contribution >= 4 is 17.7 Å². The van der Waals surface area contributed by atoms with Crippen molar-refractivity contribution < 1.29 is 19.1 Å². The third kappa shape index (κ3) is 5.65. The molecule has 3 N–H and O–H groups in total. The molecule has 7 heteroatoms. The third-order valence-electron chi connectivity index (χ3n) is 3.19. The topological polar surface area (TPSA) is 96.5 Å². The normalized spacial score (nSPS) is 9.80. The van der Waals surface area contributed by atoms with Crippen molar-refractivity contribution in [3.05, 3.63) is 65.7 Å². The van der Waals surface area contributed by atoms with Crippen LogP contribution in [-0.4, -0.2) is 30.9 Å². The number of hydrazine groups is 1. The fraction of sp³-hybridized carbons (Fsp3) is 0.167. The first-order valence-corrected chi connectivity index (χ1v) is 7.75. The van der Waals surface area contributed by atoms with Crippen LogP contribution in [0.2, 0.25) is 0 Å². The molecule has 3 amide bonds. The first-order valence-electron chi connectivity index (χ1n) is 7.75. The molecule has 0 aliphatic heterocycles. The van der Waals surface area contributed by atoms with Crippen molar-refractivity contribution in [1.29, 1.82) is 0 Å². The van der Waals surface area contributed by atoms with Gasteiger partial charge in [0.2, 0.25) is 0 Å². The van der Waals surface area contributed by atoms with Crippen molar-refractivity contribution in [3.63, 3.8) is 0 Å². The van der Waals surface area contributed by atoms with Crippen LogP contribution < -0.4 is 20.9 Å². The maximum atomic E-state index is 11.9. The predicted octanol–water partition coefficient (Wildman–Crippen LogP) is 1.28. The van der Waals surface area contributed by atoms with Gasteiger partial charge in [-0.3, -0.25) is 25.2 Å². The molecule has 0 atom stereocenters. The Morgan fingerprint density at radius 1 is 0.840 bits per heavy atom. The van der Waals surface area contributed by atoms with Crippen LogP contribution >= 0.6 is 0 Å². The zero-order valence-electron chi connectivity index (χ0n) is 13.7. The summed E-state index contributed by atoms with van der Waals surface area (Å²) in [7, 11) is 0. The molecule has 2 aromatic carbocycles. The van der Waals surface area contributed by atoms with Crippen molar-refractivity contribution in [1.82, 2.24) is 16.2 Å². The second kappa shape index (κ2) is 9.07. The highest BCUT2D eigenvalue weighted by molar-refractivity contribution is 5.98. The van der Waals surface area contributed by atoms with Gasteiger partial charge in [0.05, 0.1) is 13.2 Å². The molecule has 2 rings (SSSR count). The molecular formula is C18H19N3O4. The molecule has 130 valence electrons. The Labute approximate surface area is 145 Å². The minimum Gasteiger partial charge on any atom is -0.494 e. The lowest BCUT2D eigenvalue weighted by Crippen LogP contribution is -2.46. The van der Waals surface area contributed by atoms with E-state index < -0.39 is 11.8 Å². The lowest BCUT2D eigenvalue weighted by atomic mass is 10.2. The molecule has 25 heavy (non-hydrogen) atoms. The number of ether oxygens (including phenoxy) is 1. The predicted molar refractivity (Wildman–Crippen MR) is 92.0 cm³/mol. The number of nitrogens with one attached hydrogen (secondary N) is 3. The lowest BCUT2D eigenvalue weighted by molar-refractivity contribution is -0.120. The molecule has 0 heterocycles. The van der Waals surface area contributed by atoms with Gasteiger partial charge >= 0.3 is 0 Å². The van der Waals surface area contributed by atoms with Gasteiger partial charge in [-0.05, 0) is 43.3 Å². The number of benzene rings is 2. The number of rotatable bonds is 6. The standard InChI is InChI=1S/C18H19N3O4/c1-2-25-15-10-8-14(9-11-15)18(24)21-20-16(22)12-19-17(23)13-6-4-3-5-7-13/h3-11H,2,12H2,1H3,(H,19,23)(H,20,22)(H,21,24). The molecule has 0 radical (unpaired) electrons. The highest BCUT2D eigenvalue weighted by Crippen LogP contribution is 2.11. The molecule has 0 aliphatic carbocycles. The molecule has 2 aromatic rings. The van der Waals surface area contributed by atoms with Gasteiger partial charge in [0, 0.05) is 11.1 Å². The van der Waals surface area contributed by atoms with E-state index >= 15 is 0 Å². The van der Waals surface area contributed by atoms with E-state index in [1.54, 1.807) is 54.6 Å².